The van der Waals surface area contributed by atoms with Crippen LogP contribution in [0.15, 0.2) is 18.5 Å². The van der Waals surface area contributed by atoms with Gasteiger partial charge in [0.15, 0.2) is 0 Å². The molecular formula is C5H10N4. The Morgan fingerprint density at radius 1 is 1.67 bits per heavy atom. The first-order chi connectivity index (χ1) is 4.43. The number of rotatable bonds is 3. The average Bonchev–Trinajstić information content (AvgIpc) is 2.34. The monoisotopic (exact) mass is 126 g/mol. The van der Waals surface area contributed by atoms with Crippen molar-refractivity contribution in [1.82, 2.24) is 15.2 Å². The lowest BCUT2D eigenvalue weighted by molar-refractivity contribution is 0.567. The van der Waals surface area contributed by atoms with Crippen molar-refractivity contribution in [2.24, 2.45) is 5.84 Å². The van der Waals surface area contributed by atoms with Crippen molar-refractivity contribution in [1.29, 1.82) is 0 Å². The molecule has 1 rings (SSSR count). The maximum atomic E-state index is 5.05. The van der Waals surface area contributed by atoms with Crippen molar-refractivity contribution < 1.29 is 0 Å². The Morgan fingerprint density at radius 2 is 2.56 bits per heavy atom. The van der Waals surface area contributed by atoms with E-state index in [1.54, 1.807) is 6.20 Å². The van der Waals surface area contributed by atoms with Crippen LogP contribution in [0.4, 0.5) is 0 Å². The summed E-state index contributed by atoms with van der Waals surface area (Å²) in [6.45, 7) is 1.57. The average molecular weight is 126 g/mol. The molecule has 1 aromatic rings. The van der Waals surface area contributed by atoms with Gasteiger partial charge in [0.25, 0.3) is 0 Å². The molecule has 3 N–H and O–H groups in total. The van der Waals surface area contributed by atoms with E-state index in [1.807, 2.05) is 16.9 Å². The topological polar surface area (TPSA) is 55.9 Å². The standard InChI is InChI=1S/C5H10N4/c6-7-3-5-9-4-1-2-8-9/h1-2,4,7H,3,5-6H2. The molecule has 0 aliphatic carbocycles. The summed E-state index contributed by atoms with van der Waals surface area (Å²) >= 11 is 0. The zero-order valence-corrected chi connectivity index (χ0v) is 5.12. The summed E-state index contributed by atoms with van der Waals surface area (Å²) in [5.74, 6) is 5.05. The Morgan fingerprint density at radius 3 is 3.11 bits per heavy atom. The number of nitrogens with zero attached hydrogens (tertiary/aromatic N) is 2. The van der Waals surface area contributed by atoms with Crippen LogP contribution >= 0.6 is 0 Å². The van der Waals surface area contributed by atoms with Gasteiger partial charge in [-0.3, -0.25) is 16.0 Å². The van der Waals surface area contributed by atoms with Crippen LogP contribution in [0.25, 0.3) is 0 Å². The summed E-state index contributed by atoms with van der Waals surface area (Å²) in [5, 5.41) is 3.97. The molecule has 4 heteroatoms. The van der Waals surface area contributed by atoms with Gasteiger partial charge in [-0.2, -0.15) is 5.10 Å². The van der Waals surface area contributed by atoms with E-state index < -0.39 is 0 Å². The van der Waals surface area contributed by atoms with Gasteiger partial charge in [-0.05, 0) is 6.07 Å². The van der Waals surface area contributed by atoms with Gasteiger partial charge in [-0.1, -0.05) is 0 Å². The van der Waals surface area contributed by atoms with Crippen molar-refractivity contribution in [2.75, 3.05) is 6.54 Å². The minimum Gasteiger partial charge on any atom is -0.271 e. The van der Waals surface area contributed by atoms with Crippen LogP contribution in [0.5, 0.6) is 0 Å². The van der Waals surface area contributed by atoms with Crippen LogP contribution in [0, 0.1) is 0 Å². The minimum absolute atomic E-state index is 0.752. The minimum atomic E-state index is 0.752. The second-order valence-corrected chi connectivity index (χ2v) is 1.72. The predicted molar refractivity (Wildman–Crippen MR) is 34.4 cm³/mol. The summed E-state index contributed by atoms with van der Waals surface area (Å²) in [4.78, 5) is 0. The van der Waals surface area contributed by atoms with Gasteiger partial charge in [0, 0.05) is 18.9 Å². The molecule has 0 atom stereocenters. The molecule has 0 amide bonds. The molecule has 0 aromatic carbocycles. The second-order valence-electron chi connectivity index (χ2n) is 1.72. The van der Waals surface area contributed by atoms with Gasteiger partial charge in [0.2, 0.25) is 0 Å². The maximum absolute atomic E-state index is 5.05. The lowest BCUT2D eigenvalue weighted by Gasteiger charge is -1.97. The van der Waals surface area contributed by atoms with Crippen molar-refractivity contribution >= 4 is 0 Å². The number of hydrogen-bond donors (Lipinski definition) is 2. The molecule has 0 radical (unpaired) electrons. The quantitative estimate of drug-likeness (QED) is 0.418. The van der Waals surface area contributed by atoms with Crippen LogP contribution in [-0.4, -0.2) is 16.3 Å². The first-order valence-electron chi connectivity index (χ1n) is 2.84. The summed E-state index contributed by atoms with van der Waals surface area (Å²) in [6, 6.07) is 1.89. The summed E-state index contributed by atoms with van der Waals surface area (Å²) in [5.41, 5.74) is 2.55. The third-order valence-electron chi connectivity index (χ3n) is 1.04. The molecule has 1 heterocycles. The molecule has 50 valence electrons. The van der Waals surface area contributed by atoms with Crippen molar-refractivity contribution in [3.8, 4) is 0 Å². The molecule has 0 aliphatic rings. The third kappa shape index (κ3) is 1.83. The molecule has 0 saturated heterocycles. The van der Waals surface area contributed by atoms with E-state index in [0.29, 0.717) is 0 Å². The Kier molecular flexibility index (Phi) is 2.23. The van der Waals surface area contributed by atoms with E-state index >= 15 is 0 Å². The van der Waals surface area contributed by atoms with Gasteiger partial charge < -0.3 is 0 Å². The highest BCUT2D eigenvalue weighted by Crippen LogP contribution is 1.80. The molecule has 0 saturated carbocycles. The Balaban J connectivity index is 2.30. The van der Waals surface area contributed by atoms with Gasteiger partial charge >= 0.3 is 0 Å². The van der Waals surface area contributed by atoms with E-state index in [-0.39, 0.29) is 0 Å². The number of hydrogen-bond acceptors (Lipinski definition) is 3. The lowest BCUT2D eigenvalue weighted by Crippen LogP contribution is -2.26. The van der Waals surface area contributed by atoms with Crippen LogP contribution in [0.1, 0.15) is 0 Å². The highest BCUT2D eigenvalue weighted by molar-refractivity contribution is 4.77. The first-order valence-corrected chi connectivity index (χ1v) is 2.84. The van der Waals surface area contributed by atoms with Crippen LogP contribution < -0.4 is 11.3 Å². The van der Waals surface area contributed by atoms with Crippen LogP contribution in [-0.2, 0) is 6.54 Å². The van der Waals surface area contributed by atoms with E-state index in [4.69, 9.17) is 5.84 Å². The van der Waals surface area contributed by atoms with Gasteiger partial charge in [0.05, 0.1) is 6.54 Å². The maximum Gasteiger partial charge on any atom is 0.0547 e. The van der Waals surface area contributed by atoms with Crippen molar-refractivity contribution in [2.45, 2.75) is 6.54 Å². The molecular weight excluding hydrogens is 116 g/mol. The fourth-order valence-corrected chi connectivity index (χ4v) is 0.612. The summed E-state index contributed by atoms with van der Waals surface area (Å²) in [7, 11) is 0. The number of hydrazine groups is 1. The van der Waals surface area contributed by atoms with E-state index in [9.17, 15) is 0 Å². The van der Waals surface area contributed by atoms with E-state index in [0.717, 1.165) is 13.1 Å². The molecule has 4 nitrogen and oxygen atoms in total. The molecule has 0 unspecified atom stereocenters. The largest absolute Gasteiger partial charge is 0.271 e. The van der Waals surface area contributed by atoms with Crippen LogP contribution in [0.2, 0.25) is 0 Å². The molecule has 1 aromatic heterocycles. The number of aromatic nitrogens is 2. The lowest BCUT2D eigenvalue weighted by atomic mass is 10.6. The van der Waals surface area contributed by atoms with E-state index in [1.165, 1.54) is 0 Å². The summed E-state index contributed by atoms with van der Waals surface area (Å²) < 4.78 is 1.82. The fraction of sp³-hybridized carbons (Fsp3) is 0.400. The number of nitrogens with two attached hydrogens (primary N) is 1. The van der Waals surface area contributed by atoms with Crippen molar-refractivity contribution in [3.05, 3.63) is 18.5 Å². The number of nitrogens with one attached hydrogen (secondary N) is 1. The third-order valence-corrected chi connectivity index (χ3v) is 1.04. The summed E-state index contributed by atoms with van der Waals surface area (Å²) in [6.07, 6.45) is 3.65. The van der Waals surface area contributed by atoms with Gasteiger partial charge in [-0.25, -0.2) is 0 Å². The molecule has 9 heavy (non-hydrogen) atoms. The normalized spacial score (nSPS) is 9.89. The van der Waals surface area contributed by atoms with Crippen molar-refractivity contribution in [3.63, 3.8) is 0 Å². The fourth-order valence-electron chi connectivity index (χ4n) is 0.612. The van der Waals surface area contributed by atoms with E-state index in [2.05, 4.69) is 10.5 Å². The smallest absolute Gasteiger partial charge is 0.0547 e. The Hall–Kier alpha value is -0.870. The zero-order valence-electron chi connectivity index (χ0n) is 5.12. The molecule has 0 spiro atoms. The Bertz CT molecular complexity index is 146. The molecule has 0 bridgehead atoms. The zero-order chi connectivity index (χ0) is 6.53. The molecule has 0 fully saturated rings. The van der Waals surface area contributed by atoms with Gasteiger partial charge in [-0.15, -0.1) is 0 Å². The van der Waals surface area contributed by atoms with Crippen LogP contribution in [0.3, 0.4) is 0 Å². The SMILES string of the molecule is NNCCn1cccn1. The Labute approximate surface area is 53.6 Å². The highest BCUT2D eigenvalue weighted by Gasteiger charge is 1.85. The first kappa shape index (κ1) is 6.25. The van der Waals surface area contributed by atoms with Gasteiger partial charge in [0.1, 0.15) is 0 Å². The molecule has 0 aliphatic heterocycles. The highest BCUT2D eigenvalue weighted by atomic mass is 15.3. The second kappa shape index (κ2) is 3.21. The predicted octanol–water partition coefficient (Wildman–Crippen LogP) is -0.654.